The molecule has 0 unspecified atom stereocenters. The zero-order chi connectivity index (χ0) is 14.9. The largest absolute Gasteiger partial charge is 0.486 e. The second kappa shape index (κ2) is 5.35. The molecule has 112 valence electrons. The van der Waals surface area contributed by atoms with Crippen LogP contribution in [0.3, 0.4) is 0 Å². The maximum Gasteiger partial charge on any atom is 0.326 e. The molecule has 0 saturated carbocycles. The predicted octanol–water partition coefficient (Wildman–Crippen LogP) is 1.73. The SMILES string of the molecule is O=c1[nH]c2c(OC3CNC3)cccc2n1Cc1ccccc1. The minimum Gasteiger partial charge on any atom is -0.486 e. The van der Waals surface area contributed by atoms with Crippen molar-refractivity contribution < 1.29 is 4.74 Å². The summed E-state index contributed by atoms with van der Waals surface area (Å²) in [6.07, 6.45) is 0.187. The van der Waals surface area contributed by atoms with Crippen LogP contribution in [0.1, 0.15) is 5.56 Å². The van der Waals surface area contributed by atoms with Gasteiger partial charge >= 0.3 is 5.69 Å². The number of benzene rings is 2. The fourth-order valence-corrected chi connectivity index (χ4v) is 2.70. The van der Waals surface area contributed by atoms with Crippen LogP contribution in [0.5, 0.6) is 5.75 Å². The zero-order valence-electron chi connectivity index (χ0n) is 12.1. The van der Waals surface area contributed by atoms with Gasteiger partial charge in [0.05, 0.1) is 12.1 Å². The normalized spacial score (nSPS) is 14.9. The number of aromatic nitrogens is 2. The van der Waals surface area contributed by atoms with Gasteiger partial charge in [0.25, 0.3) is 0 Å². The molecule has 2 N–H and O–H groups in total. The molecular formula is C17H17N3O2. The topological polar surface area (TPSA) is 59.1 Å². The van der Waals surface area contributed by atoms with Gasteiger partial charge in [0.15, 0.2) is 0 Å². The van der Waals surface area contributed by atoms with E-state index in [4.69, 9.17) is 4.74 Å². The highest BCUT2D eigenvalue weighted by Gasteiger charge is 2.20. The lowest BCUT2D eigenvalue weighted by Gasteiger charge is -2.27. The lowest BCUT2D eigenvalue weighted by molar-refractivity contribution is 0.144. The van der Waals surface area contributed by atoms with Crippen LogP contribution in [-0.2, 0) is 6.54 Å². The molecule has 2 heterocycles. The molecule has 1 saturated heterocycles. The Bertz CT molecular complexity index is 847. The van der Waals surface area contributed by atoms with Gasteiger partial charge in [0, 0.05) is 13.1 Å². The van der Waals surface area contributed by atoms with Crippen LogP contribution in [0.15, 0.2) is 53.3 Å². The van der Waals surface area contributed by atoms with Crippen molar-refractivity contribution in [2.45, 2.75) is 12.6 Å². The van der Waals surface area contributed by atoms with E-state index in [0.717, 1.165) is 35.4 Å². The Morgan fingerprint density at radius 1 is 1.09 bits per heavy atom. The fourth-order valence-electron chi connectivity index (χ4n) is 2.70. The maximum absolute atomic E-state index is 12.3. The lowest BCUT2D eigenvalue weighted by atomic mass is 10.2. The van der Waals surface area contributed by atoms with Gasteiger partial charge in [0.2, 0.25) is 0 Å². The molecule has 1 aliphatic heterocycles. The van der Waals surface area contributed by atoms with Crippen molar-refractivity contribution in [1.29, 1.82) is 0 Å². The van der Waals surface area contributed by atoms with E-state index < -0.39 is 0 Å². The van der Waals surface area contributed by atoms with Crippen molar-refractivity contribution in [3.05, 3.63) is 64.6 Å². The van der Waals surface area contributed by atoms with Crippen LogP contribution >= 0.6 is 0 Å². The van der Waals surface area contributed by atoms with Crippen LogP contribution in [0.2, 0.25) is 0 Å². The Labute approximate surface area is 127 Å². The number of imidazole rings is 1. The molecule has 22 heavy (non-hydrogen) atoms. The first-order valence-electron chi connectivity index (χ1n) is 7.44. The first kappa shape index (κ1) is 13.2. The molecule has 5 nitrogen and oxygen atoms in total. The summed E-state index contributed by atoms with van der Waals surface area (Å²) in [6, 6.07) is 15.8. The van der Waals surface area contributed by atoms with Gasteiger partial charge in [-0.25, -0.2) is 4.79 Å². The Balaban J connectivity index is 1.74. The lowest BCUT2D eigenvalue weighted by Crippen LogP contribution is -2.50. The average molecular weight is 295 g/mol. The molecule has 2 aromatic carbocycles. The number of nitrogens with zero attached hydrogens (tertiary/aromatic N) is 1. The molecule has 3 aromatic rings. The number of hydrogen-bond donors (Lipinski definition) is 2. The molecule has 0 radical (unpaired) electrons. The van der Waals surface area contributed by atoms with Crippen LogP contribution < -0.4 is 15.7 Å². The molecule has 0 amide bonds. The molecule has 0 aliphatic carbocycles. The minimum atomic E-state index is -0.110. The van der Waals surface area contributed by atoms with Gasteiger partial charge in [-0.05, 0) is 17.7 Å². The third kappa shape index (κ3) is 2.29. The Hall–Kier alpha value is -2.53. The van der Waals surface area contributed by atoms with Gasteiger partial charge in [-0.3, -0.25) is 4.57 Å². The van der Waals surface area contributed by atoms with E-state index in [1.807, 2.05) is 48.5 Å². The number of H-pyrrole nitrogens is 1. The van der Waals surface area contributed by atoms with E-state index in [-0.39, 0.29) is 11.8 Å². The van der Waals surface area contributed by atoms with Gasteiger partial charge in [-0.15, -0.1) is 0 Å². The number of hydrogen-bond acceptors (Lipinski definition) is 3. The van der Waals surface area contributed by atoms with Crippen molar-refractivity contribution >= 4 is 11.0 Å². The molecule has 5 heteroatoms. The zero-order valence-corrected chi connectivity index (χ0v) is 12.1. The summed E-state index contributed by atoms with van der Waals surface area (Å²) in [6.45, 7) is 2.25. The van der Waals surface area contributed by atoms with Crippen LogP contribution in [-0.4, -0.2) is 28.7 Å². The molecule has 1 fully saturated rings. The summed E-state index contributed by atoms with van der Waals surface area (Å²) in [4.78, 5) is 15.2. The van der Waals surface area contributed by atoms with E-state index in [1.165, 1.54) is 0 Å². The number of nitrogens with one attached hydrogen (secondary N) is 2. The fraction of sp³-hybridized carbons (Fsp3) is 0.235. The first-order valence-corrected chi connectivity index (χ1v) is 7.44. The summed E-state index contributed by atoms with van der Waals surface area (Å²) in [5.74, 6) is 0.743. The molecule has 0 spiro atoms. The first-order chi connectivity index (χ1) is 10.8. The van der Waals surface area contributed by atoms with Crippen molar-refractivity contribution in [1.82, 2.24) is 14.9 Å². The Morgan fingerprint density at radius 3 is 2.64 bits per heavy atom. The van der Waals surface area contributed by atoms with Gasteiger partial charge in [0.1, 0.15) is 17.4 Å². The highest BCUT2D eigenvalue weighted by Crippen LogP contribution is 2.24. The Morgan fingerprint density at radius 2 is 1.91 bits per heavy atom. The summed E-state index contributed by atoms with van der Waals surface area (Å²) in [7, 11) is 0. The van der Waals surface area contributed by atoms with Crippen molar-refractivity contribution in [3.63, 3.8) is 0 Å². The van der Waals surface area contributed by atoms with Gasteiger partial charge in [-0.2, -0.15) is 0 Å². The standard InChI is InChI=1S/C17H17N3O2/c21-17-19-16-14(20(17)11-12-5-2-1-3-6-12)7-4-8-15(16)22-13-9-18-10-13/h1-8,13,18H,9-11H2,(H,19,21). The van der Waals surface area contributed by atoms with Crippen molar-refractivity contribution in [2.24, 2.45) is 0 Å². The molecule has 1 aliphatic rings. The number of ether oxygens (including phenoxy) is 1. The van der Waals surface area contributed by atoms with E-state index in [0.29, 0.717) is 6.54 Å². The molecular weight excluding hydrogens is 278 g/mol. The third-order valence-corrected chi connectivity index (χ3v) is 3.99. The maximum atomic E-state index is 12.3. The van der Waals surface area contributed by atoms with E-state index in [2.05, 4.69) is 10.3 Å². The van der Waals surface area contributed by atoms with Crippen LogP contribution in [0, 0.1) is 0 Å². The number of para-hydroxylation sites is 1. The predicted molar refractivity (Wildman–Crippen MR) is 85.4 cm³/mol. The number of fused-ring (bicyclic) bond motifs is 1. The molecule has 0 atom stereocenters. The number of aromatic amines is 1. The summed E-state index contributed by atoms with van der Waals surface area (Å²) < 4.78 is 7.68. The van der Waals surface area contributed by atoms with Gasteiger partial charge in [-0.1, -0.05) is 36.4 Å². The van der Waals surface area contributed by atoms with Crippen molar-refractivity contribution in [3.8, 4) is 5.75 Å². The minimum absolute atomic E-state index is 0.110. The molecule has 4 rings (SSSR count). The Kier molecular flexibility index (Phi) is 3.20. The number of rotatable bonds is 4. The molecule has 0 bridgehead atoms. The van der Waals surface area contributed by atoms with Crippen LogP contribution in [0.25, 0.3) is 11.0 Å². The van der Waals surface area contributed by atoms with Gasteiger partial charge < -0.3 is 15.0 Å². The summed E-state index contributed by atoms with van der Waals surface area (Å²) in [5, 5.41) is 3.18. The monoisotopic (exact) mass is 295 g/mol. The third-order valence-electron chi connectivity index (χ3n) is 3.99. The van der Waals surface area contributed by atoms with E-state index in [9.17, 15) is 4.79 Å². The quantitative estimate of drug-likeness (QED) is 0.770. The highest BCUT2D eigenvalue weighted by molar-refractivity contribution is 5.82. The van der Waals surface area contributed by atoms with E-state index >= 15 is 0 Å². The second-order valence-electron chi connectivity index (χ2n) is 5.55. The van der Waals surface area contributed by atoms with Crippen molar-refractivity contribution in [2.75, 3.05) is 13.1 Å². The summed E-state index contributed by atoms with van der Waals surface area (Å²) in [5.41, 5.74) is 2.63. The smallest absolute Gasteiger partial charge is 0.326 e. The summed E-state index contributed by atoms with van der Waals surface area (Å²) >= 11 is 0. The molecule has 1 aromatic heterocycles. The second-order valence-corrected chi connectivity index (χ2v) is 5.55. The highest BCUT2D eigenvalue weighted by atomic mass is 16.5. The van der Waals surface area contributed by atoms with E-state index in [1.54, 1.807) is 4.57 Å². The average Bonchev–Trinajstić information content (AvgIpc) is 2.81. The van der Waals surface area contributed by atoms with Crippen LogP contribution in [0.4, 0.5) is 0 Å².